The largest absolute Gasteiger partial charge is 0.483 e. The van der Waals surface area contributed by atoms with Gasteiger partial charge in [0.2, 0.25) is 0 Å². The van der Waals surface area contributed by atoms with E-state index >= 15 is 0 Å². The molecule has 6 nitrogen and oxygen atoms in total. The Bertz CT molecular complexity index is 1370. The summed E-state index contributed by atoms with van der Waals surface area (Å²) in [6.07, 6.45) is 0.0198. The molecular formula is C30H35F2O6S2+. The zero-order valence-electron chi connectivity index (χ0n) is 23.0. The Labute approximate surface area is 237 Å². The molecule has 4 rings (SSSR count). The zero-order chi connectivity index (χ0) is 29.2. The summed E-state index contributed by atoms with van der Waals surface area (Å²) >= 11 is 0. The van der Waals surface area contributed by atoms with Gasteiger partial charge in [-0.2, -0.15) is 17.2 Å². The van der Waals surface area contributed by atoms with Crippen LogP contribution < -0.4 is 4.74 Å². The number of hydrogen-bond donors (Lipinski definition) is 1. The molecule has 1 aliphatic rings. The predicted molar refractivity (Wildman–Crippen MR) is 150 cm³/mol. The van der Waals surface area contributed by atoms with Crippen molar-refractivity contribution in [1.29, 1.82) is 0 Å². The fourth-order valence-corrected chi connectivity index (χ4v) is 7.15. The van der Waals surface area contributed by atoms with Gasteiger partial charge in [0.1, 0.15) is 5.75 Å². The fraction of sp³-hybridized carbons (Fsp3) is 0.400. The first kappa shape index (κ1) is 30.5. The van der Waals surface area contributed by atoms with Crippen molar-refractivity contribution in [2.75, 3.05) is 13.2 Å². The van der Waals surface area contributed by atoms with Crippen LogP contribution in [0.5, 0.6) is 5.75 Å². The van der Waals surface area contributed by atoms with Crippen LogP contribution in [-0.4, -0.2) is 37.5 Å². The molecule has 216 valence electrons. The molecule has 1 aliphatic heterocycles. The summed E-state index contributed by atoms with van der Waals surface area (Å²) in [7, 11) is -6.14. The summed E-state index contributed by atoms with van der Waals surface area (Å²) in [5.74, 6) is -0.780. The minimum absolute atomic E-state index is 0.00388. The highest BCUT2D eigenvalue weighted by Gasteiger charge is 2.51. The maximum atomic E-state index is 13.9. The van der Waals surface area contributed by atoms with Crippen LogP contribution >= 0.6 is 0 Å². The molecule has 3 aromatic carbocycles. The van der Waals surface area contributed by atoms with Crippen molar-refractivity contribution < 1.29 is 36.0 Å². The summed E-state index contributed by atoms with van der Waals surface area (Å²) in [6.45, 7) is 8.42. The molecule has 3 aromatic rings. The van der Waals surface area contributed by atoms with Gasteiger partial charge in [-0.3, -0.25) is 4.55 Å². The lowest BCUT2D eigenvalue weighted by atomic mass is 9.86. The van der Waals surface area contributed by atoms with Crippen LogP contribution in [0.4, 0.5) is 8.78 Å². The van der Waals surface area contributed by atoms with Crippen LogP contribution in [0.1, 0.15) is 46.1 Å². The van der Waals surface area contributed by atoms with Crippen molar-refractivity contribution in [3.8, 4) is 5.75 Å². The molecule has 1 saturated heterocycles. The molecular weight excluding hydrogens is 558 g/mol. The molecule has 40 heavy (non-hydrogen) atoms. The van der Waals surface area contributed by atoms with Gasteiger partial charge >= 0.3 is 15.4 Å². The molecule has 0 spiro atoms. The van der Waals surface area contributed by atoms with Gasteiger partial charge in [0, 0.05) is 11.0 Å². The van der Waals surface area contributed by atoms with Gasteiger partial charge in [-0.25, -0.2) is 0 Å². The van der Waals surface area contributed by atoms with E-state index in [0.717, 1.165) is 40.0 Å². The first-order chi connectivity index (χ1) is 18.8. The Morgan fingerprint density at radius 1 is 0.925 bits per heavy atom. The van der Waals surface area contributed by atoms with Crippen molar-refractivity contribution in [3.05, 3.63) is 84.4 Å². The third-order valence-corrected chi connectivity index (χ3v) is 10.3. The number of alkyl halides is 2. The minimum atomic E-state index is -5.62. The highest BCUT2D eigenvalue weighted by atomic mass is 32.2. The molecule has 2 unspecified atom stereocenters. The van der Waals surface area contributed by atoms with E-state index in [1.165, 1.54) is 12.1 Å². The van der Waals surface area contributed by atoms with E-state index in [4.69, 9.17) is 18.8 Å². The molecule has 0 saturated carbocycles. The lowest BCUT2D eigenvalue weighted by Crippen LogP contribution is -2.45. The molecule has 10 heteroatoms. The minimum Gasteiger partial charge on any atom is -0.483 e. The number of hydrogen-bond acceptors (Lipinski definition) is 5. The lowest BCUT2D eigenvalue weighted by Gasteiger charge is -2.43. The predicted octanol–water partition coefficient (Wildman–Crippen LogP) is 7.06. The average Bonchev–Trinajstić information content (AvgIpc) is 2.92. The van der Waals surface area contributed by atoms with Crippen LogP contribution in [0.3, 0.4) is 0 Å². The third kappa shape index (κ3) is 6.52. The Balaban J connectivity index is 1.58. The van der Waals surface area contributed by atoms with Gasteiger partial charge in [-0.05, 0) is 80.9 Å². The topological polar surface area (TPSA) is 82.1 Å². The van der Waals surface area contributed by atoms with E-state index in [1.54, 1.807) is 12.1 Å². The Kier molecular flexibility index (Phi) is 8.97. The van der Waals surface area contributed by atoms with Crippen molar-refractivity contribution in [3.63, 3.8) is 0 Å². The van der Waals surface area contributed by atoms with E-state index in [1.807, 2.05) is 61.5 Å². The summed E-state index contributed by atoms with van der Waals surface area (Å²) < 4.78 is 76.5. The van der Waals surface area contributed by atoms with Gasteiger partial charge in [0.15, 0.2) is 26.6 Å². The fourth-order valence-electron chi connectivity index (χ4n) is 4.62. The Hall–Kier alpha value is -2.50. The molecule has 2 atom stereocenters. The van der Waals surface area contributed by atoms with Crippen molar-refractivity contribution in [1.82, 2.24) is 0 Å². The van der Waals surface area contributed by atoms with E-state index in [2.05, 4.69) is 13.8 Å². The molecule has 1 N–H and O–H groups in total. The highest BCUT2D eigenvalue weighted by Crippen LogP contribution is 2.40. The Morgan fingerprint density at radius 2 is 1.43 bits per heavy atom. The van der Waals surface area contributed by atoms with Crippen LogP contribution in [-0.2, 0) is 36.3 Å². The van der Waals surface area contributed by atoms with E-state index in [9.17, 15) is 17.2 Å². The smallest absolute Gasteiger partial charge is 0.405 e. The molecule has 0 aromatic heterocycles. The summed E-state index contributed by atoms with van der Waals surface area (Å²) in [6, 6.07) is 24.6. The second kappa shape index (κ2) is 11.8. The van der Waals surface area contributed by atoms with Gasteiger partial charge < -0.3 is 14.2 Å². The summed E-state index contributed by atoms with van der Waals surface area (Å²) in [5, 5.41) is -4.45. The van der Waals surface area contributed by atoms with Crippen molar-refractivity contribution >= 4 is 21.0 Å². The van der Waals surface area contributed by atoms with Crippen LogP contribution in [0.2, 0.25) is 0 Å². The second-order valence-electron chi connectivity index (χ2n) is 10.5. The maximum absolute atomic E-state index is 13.9. The molecule has 1 fully saturated rings. The SMILES string of the molecule is CCCC1(C)COC(C)(c2ccc([S+](c3ccccc3)c3ccc(OC(C)C(F)(F)S(=O)(=O)O)cc3)cc2)OC1. The molecule has 0 amide bonds. The number of rotatable bonds is 10. The van der Waals surface area contributed by atoms with Gasteiger partial charge in [0.25, 0.3) is 0 Å². The molecule has 0 radical (unpaired) electrons. The van der Waals surface area contributed by atoms with Crippen molar-refractivity contribution in [2.24, 2.45) is 5.41 Å². The molecule has 0 aliphatic carbocycles. The molecule has 1 heterocycles. The quantitative estimate of drug-likeness (QED) is 0.200. The monoisotopic (exact) mass is 593 g/mol. The van der Waals surface area contributed by atoms with E-state index in [-0.39, 0.29) is 11.2 Å². The first-order valence-electron chi connectivity index (χ1n) is 13.1. The highest BCUT2D eigenvalue weighted by molar-refractivity contribution is 7.97. The third-order valence-electron chi connectivity index (χ3n) is 7.03. The van der Waals surface area contributed by atoms with Gasteiger partial charge in [-0.15, -0.1) is 0 Å². The van der Waals surface area contributed by atoms with Crippen LogP contribution in [0, 0.1) is 5.41 Å². The first-order valence-corrected chi connectivity index (χ1v) is 15.7. The van der Waals surface area contributed by atoms with Crippen molar-refractivity contribution in [2.45, 2.75) is 72.4 Å². The van der Waals surface area contributed by atoms with Crippen LogP contribution in [0.15, 0.2) is 93.5 Å². The average molecular weight is 594 g/mol. The van der Waals surface area contributed by atoms with Gasteiger partial charge in [0.05, 0.1) is 24.1 Å². The molecule has 0 bridgehead atoms. The maximum Gasteiger partial charge on any atom is 0.405 e. The number of benzene rings is 3. The standard InChI is InChI=1S/C30H34F2O6S2/c1-5-19-28(3)20-36-29(4,37-21-28)23-11-15-26(16-12-23)39(25-9-7-6-8-10-25)27-17-13-24(14-18-27)38-22(2)30(31,32)40(33,34)35/h6-18,22H,5,19-21H2,1-4H3/p+1. The zero-order valence-corrected chi connectivity index (χ0v) is 24.6. The summed E-state index contributed by atoms with van der Waals surface area (Å²) in [4.78, 5) is 3.00. The second-order valence-corrected chi connectivity index (χ2v) is 14.0. The van der Waals surface area contributed by atoms with Crippen LogP contribution in [0.25, 0.3) is 0 Å². The normalized spacial score (nSPS) is 23.4. The number of halogens is 2. The Morgan fingerprint density at radius 3 is 1.93 bits per heavy atom. The van der Waals surface area contributed by atoms with E-state index in [0.29, 0.717) is 13.2 Å². The van der Waals surface area contributed by atoms with E-state index < -0.39 is 38.2 Å². The number of ether oxygens (including phenoxy) is 3. The summed E-state index contributed by atoms with van der Waals surface area (Å²) in [5.41, 5.74) is 0.924. The van der Waals surface area contributed by atoms with Gasteiger partial charge in [-0.1, -0.05) is 38.5 Å². The lowest BCUT2D eigenvalue weighted by molar-refractivity contribution is -0.301.